The third-order valence-electron chi connectivity index (χ3n) is 7.78. The topological polar surface area (TPSA) is 57.2 Å². The zero-order chi connectivity index (χ0) is 24.8. The second-order valence-electron chi connectivity index (χ2n) is 10.5. The van der Waals surface area contributed by atoms with Crippen molar-refractivity contribution in [1.29, 1.82) is 0 Å². The minimum atomic E-state index is -0.604. The Morgan fingerprint density at radius 1 is 0.800 bits per heavy atom. The minimum absolute atomic E-state index is 0.0583. The Labute approximate surface area is 210 Å². The highest BCUT2D eigenvalue weighted by atomic mass is 16.7. The summed E-state index contributed by atoms with van der Waals surface area (Å²) in [6.07, 6.45) is 0.740. The smallest absolute Gasteiger partial charge is 0.187 e. The van der Waals surface area contributed by atoms with Gasteiger partial charge in [-0.25, -0.2) is 0 Å². The summed E-state index contributed by atoms with van der Waals surface area (Å²) in [6, 6.07) is 20.4. The van der Waals surface area contributed by atoms with Crippen molar-refractivity contribution in [3.8, 4) is 0 Å². The Kier molecular flexibility index (Phi) is 9.37. The molecule has 1 heterocycles. The quantitative estimate of drug-likeness (QED) is 0.494. The average molecular weight is 483 g/mol. The molecule has 2 aromatic carbocycles. The van der Waals surface area contributed by atoms with Crippen molar-refractivity contribution in [2.24, 2.45) is 17.8 Å². The number of rotatable bonds is 9. The summed E-state index contributed by atoms with van der Waals surface area (Å²) in [5.41, 5.74) is 2.22. The molecule has 2 aliphatic rings. The molecule has 1 aliphatic carbocycles. The number of benzene rings is 2. The maximum Gasteiger partial charge on any atom is 0.187 e. The predicted molar refractivity (Wildman–Crippen MR) is 137 cm³/mol. The standard InChI is InChI=1S/C30H42O5/c1-5-25-16-20(2)17-26(31)28(25)35-30-29(33-19-24-14-10-7-11-15-24)27(21(3)22(4)34-30)32-18-23-12-8-6-9-13-23/h6-15,20-22,25-31H,5,16-19H2,1-4H3/t20?,21-,22?,25?,26-,27+,28-,29?,30+/m1/s1. The first-order valence-electron chi connectivity index (χ1n) is 13.3. The largest absolute Gasteiger partial charge is 0.390 e. The van der Waals surface area contributed by atoms with Gasteiger partial charge in [0.05, 0.1) is 37.6 Å². The van der Waals surface area contributed by atoms with Crippen LogP contribution in [0.25, 0.3) is 0 Å². The van der Waals surface area contributed by atoms with Crippen molar-refractivity contribution < 1.29 is 24.1 Å². The molecule has 1 aliphatic heterocycles. The van der Waals surface area contributed by atoms with Crippen molar-refractivity contribution in [2.75, 3.05) is 0 Å². The first kappa shape index (κ1) is 26.3. The maximum absolute atomic E-state index is 10.9. The van der Waals surface area contributed by atoms with Crippen molar-refractivity contribution >= 4 is 0 Å². The molecule has 1 saturated carbocycles. The summed E-state index contributed by atoms with van der Waals surface area (Å²) >= 11 is 0. The lowest BCUT2D eigenvalue weighted by molar-refractivity contribution is -0.324. The molecule has 0 spiro atoms. The number of hydrogen-bond donors (Lipinski definition) is 1. The fourth-order valence-electron chi connectivity index (χ4n) is 5.56. The van der Waals surface area contributed by atoms with Crippen LogP contribution >= 0.6 is 0 Å². The molecular formula is C30H42O5. The minimum Gasteiger partial charge on any atom is -0.390 e. The van der Waals surface area contributed by atoms with E-state index >= 15 is 0 Å². The van der Waals surface area contributed by atoms with Crippen LogP contribution in [0.15, 0.2) is 60.7 Å². The van der Waals surface area contributed by atoms with Crippen molar-refractivity contribution in [2.45, 2.75) is 97.0 Å². The normalized spacial score (nSPS) is 35.6. The molecule has 0 radical (unpaired) electrons. The molecule has 192 valence electrons. The highest BCUT2D eigenvalue weighted by molar-refractivity contribution is 5.14. The molecule has 5 nitrogen and oxygen atoms in total. The van der Waals surface area contributed by atoms with Gasteiger partial charge in [0.25, 0.3) is 0 Å². The van der Waals surface area contributed by atoms with Crippen molar-refractivity contribution in [3.63, 3.8) is 0 Å². The summed E-state index contributed by atoms with van der Waals surface area (Å²) in [5, 5.41) is 10.9. The van der Waals surface area contributed by atoms with E-state index in [2.05, 4.69) is 52.0 Å². The Balaban J connectivity index is 1.55. The Morgan fingerprint density at radius 2 is 1.37 bits per heavy atom. The Hall–Kier alpha value is -1.76. The van der Waals surface area contributed by atoms with Crippen LogP contribution in [0, 0.1) is 17.8 Å². The number of ether oxygens (including phenoxy) is 4. The van der Waals surface area contributed by atoms with Crippen LogP contribution in [0.3, 0.4) is 0 Å². The average Bonchev–Trinajstić information content (AvgIpc) is 2.87. The van der Waals surface area contributed by atoms with E-state index < -0.39 is 18.5 Å². The van der Waals surface area contributed by atoms with Crippen LogP contribution in [0.4, 0.5) is 0 Å². The maximum atomic E-state index is 10.9. The number of aliphatic hydroxyl groups excluding tert-OH is 1. The van der Waals surface area contributed by atoms with E-state index in [1.54, 1.807) is 0 Å². The molecule has 4 rings (SSSR count). The van der Waals surface area contributed by atoms with Gasteiger partial charge in [-0.2, -0.15) is 0 Å². The van der Waals surface area contributed by atoms with Gasteiger partial charge in [-0.15, -0.1) is 0 Å². The summed E-state index contributed by atoms with van der Waals surface area (Å²) in [7, 11) is 0. The van der Waals surface area contributed by atoms with Crippen LogP contribution in [0.2, 0.25) is 0 Å². The van der Waals surface area contributed by atoms with Crippen LogP contribution in [-0.4, -0.2) is 41.9 Å². The van der Waals surface area contributed by atoms with Gasteiger partial charge in [0.15, 0.2) is 6.29 Å². The fraction of sp³-hybridized carbons (Fsp3) is 0.600. The van der Waals surface area contributed by atoms with E-state index in [0.717, 1.165) is 30.4 Å². The van der Waals surface area contributed by atoms with Crippen LogP contribution in [-0.2, 0) is 32.2 Å². The highest BCUT2D eigenvalue weighted by Gasteiger charge is 2.47. The van der Waals surface area contributed by atoms with E-state index in [9.17, 15) is 5.11 Å². The first-order chi connectivity index (χ1) is 17.0. The summed E-state index contributed by atoms with van der Waals surface area (Å²) < 4.78 is 26.1. The summed E-state index contributed by atoms with van der Waals surface area (Å²) in [6.45, 7) is 9.56. The molecular weight excluding hydrogens is 440 g/mol. The Morgan fingerprint density at radius 3 is 1.94 bits per heavy atom. The molecule has 2 aromatic rings. The van der Waals surface area contributed by atoms with Crippen molar-refractivity contribution in [3.05, 3.63) is 71.8 Å². The fourth-order valence-corrected chi connectivity index (χ4v) is 5.56. The predicted octanol–water partition coefficient (Wildman–Crippen LogP) is 5.74. The van der Waals surface area contributed by atoms with E-state index in [1.165, 1.54) is 0 Å². The third kappa shape index (κ3) is 6.72. The molecule has 35 heavy (non-hydrogen) atoms. The highest BCUT2D eigenvalue weighted by Crippen LogP contribution is 2.38. The molecule has 0 bridgehead atoms. The van der Waals surface area contributed by atoms with Gasteiger partial charge in [-0.05, 0) is 42.7 Å². The Bertz CT molecular complexity index is 875. The molecule has 9 atom stereocenters. The van der Waals surface area contributed by atoms with Gasteiger partial charge < -0.3 is 24.1 Å². The van der Waals surface area contributed by atoms with Gasteiger partial charge in [-0.3, -0.25) is 0 Å². The molecule has 1 saturated heterocycles. The molecule has 0 amide bonds. The van der Waals surface area contributed by atoms with Gasteiger partial charge in [-0.1, -0.05) is 87.9 Å². The lowest BCUT2D eigenvalue weighted by atomic mass is 9.77. The van der Waals surface area contributed by atoms with Gasteiger partial charge in [0.2, 0.25) is 0 Å². The molecule has 5 heteroatoms. The van der Waals surface area contributed by atoms with E-state index in [1.807, 2.05) is 36.4 Å². The van der Waals surface area contributed by atoms with E-state index in [-0.39, 0.29) is 24.2 Å². The third-order valence-corrected chi connectivity index (χ3v) is 7.78. The molecule has 2 fully saturated rings. The van der Waals surface area contributed by atoms with Crippen LogP contribution < -0.4 is 0 Å². The summed E-state index contributed by atoms with van der Waals surface area (Å²) in [5.74, 6) is 0.913. The van der Waals surface area contributed by atoms with Gasteiger partial charge in [0, 0.05) is 5.92 Å². The van der Waals surface area contributed by atoms with E-state index in [4.69, 9.17) is 18.9 Å². The van der Waals surface area contributed by atoms with Crippen LogP contribution in [0.1, 0.15) is 58.1 Å². The zero-order valence-corrected chi connectivity index (χ0v) is 21.6. The molecule has 1 N–H and O–H groups in total. The van der Waals surface area contributed by atoms with Gasteiger partial charge in [0.1, 0.15) is 6.10 Å². The lowest BCUT2D eigenvalue weighted by Crippen LogP contribution is -2.58. The lowest BCUT2D eigenvalue weighted by Gasteiger charge is -2.47. The van der Waals surface area contributed by atoms with E-state index in [0.29, 0.717) is 25.0 Å². The zero-order valence-electron chi connectivity index (χ0n) is 21.6. The monoisotopic (exact) mass is 482 g/mol. The number of aliphatic hydroxyl groups is 1. The first-order valence-corrected chi connectivity index (χ1v) is 13.3. The molecule has 0 aromatic heterocycles. The number of hydrogen-bond acceptors (Lipinski definition) is 5. The second-order valence-corrected chi connectivity index (χ2v) is 10.5. The SMILES string of the molecule is CCC1CC(C)C[C@@H](O)[C@@H]1O[C@@H]1OC(C)[C@@H](C)[C@H](OCc2ccccc2)C1OCc1ccccc1. The summed E-state index contributed by atoms with van der Waals surface area (Å²) in [4.78, 5) is 0. The van der Waals surface area contributed by atoms with Gasteiger partial charge >= 0.3 is 0 Å². The second kappa shape index (κ2) is 12.5. The molecule has 4 unspecified atom stereocenters. The van der Waals surface area contributed by atoms with Crippen molar-refractivity contribution in [1.82, 2.24) is 0 Å². The van der Waals surface area contributed by atoms with Crippen LogP contribution in [0.5, 0.6) is 0 Å².